The number of carbonyl (C=O) groups is 1. The molecule has 0 bridgehead atoms. The van der Waals surface area contributed by atoms with Crippen molar-refractivity contribution in [3.8, 4) is 0 Å². The molecule has 2 N–H and O–H groups in total. The first kappa shape index (κ1) is 15.5. The molecule has 1 atom stereocenters. The first-order chi connectivity index (χ1) is 8.19. The number of nitrogens with two attached hydrogens (primary N) is 1. The molecule has 1 saturated carbocycles. The van der Waals surface area contributed by atoms with Crippen LogP contribution in [0.4, 0.5) is 0 Å². The second-order valence-electron chi connectivity index (χ2n) is 7.35. The highest BCUT2D eigenvalue weighted by molar-refractivity contribution is 5.79. The van der Waals surface area contributed by atoms with Crippen molar-refractivity contribution in [2.75, 3.05) is 20.1 Å². The van der Waals surface area contributed by atoms with E-state index in [1.165, 1.54) is 12.8 Å². The second kappa shape index (κ2) is 5.60. The molecule has 0 spiro atoms. The minimum atomic E-state index is 0.00319. The smallest absolute Gasteiger partial charge is 0.225 e. The number of hydrogen-bond acceptors (Lipinski definition) is 2. The highest BCUT2D eigenvalue weighted by Crippen LogP contribution is 2.41. The predicted molar refractivity (Wildman–Crippen MR) is 76.2 cm³/mol. The molecule has 0 heterocycles. The van der Waals surface area contributed by atoms with E-state index in [4.69, 9.17) is 5.73 Å². The number of nitrogens with zero attached hydrogens (tertiary/aromatic N) is 1. The van der Waals surface area contributed by atoms with E-state index in [1.807, 2.05) is 11.9 Å². The predicted octanol–water partition coefficient (Wildman–Crippen LogP) is 2.65. The number of carbonyl (C=O) groups excluding carboxylic acids is 1. The van der Waals surface area contributed by atoms with Gasteiger partial charge in [0.15, 0.2) is 0 Å². The van der Waals surface area contributed by atoms with Crippen LogP contribution < -0.4 is 5.73 Å². The van der Waals surface area contributed by atoms with E-state index in [9.17, 15) is 4.79 Å². The third-order valence-corrected chi connectivity index (χ3v) is 4.40. The molecule has 0 aromatic heterocycles. The Bertz CT molecular complexity index is 297. The van der Waals surface area contributed by atoms with Crippen molar-refractivity contribution in [2.45, 2.75) is 53.4 Å². The fourth-order valence-corrected chi connectivity index (χ4v) is 3.00. The van der Waals surface area contributed by atoms with Gasteiger partial charge >= 0.3 is 0 Å². The molecule has 1 amide bonds. The first-order valence-corrected chi connectivity index (χ1v) is 7.15. The van der Waals surface area contributed by atoms with Crippen molar-refractivity contribution in [1.29, 1.82) is 0 Å². The largest absolute Gasteiger partial charge is 0.345 e. The molecule has 3 heteroatoms. The molecule has 0 radical (unpaired) electrons. The Morgan fingerprint density at radius 2 is 2.00 bits per heavy atom. The molecule has 1 fully saturated rings. The summed E-state index contributed by atoms with van der Waals surface area (Å²) < 4.78 is 0. The summed E-state index contributed by atoms with van der Waals surface area (Å²) in [6, 6.07) is 0. The third kappa shape index (κ3) is 3.71. The van der Waals surface area contributed by atoms with Crippen molar-refractivity contribution in [2.24, 2.45) is 22.5 Å². The van der Waals surface area contributed by atoms with Crippen LogP contribution in [0.25, 0.3) is 0 Å². The number of rotatable bonds is 4. The number of hydrogen-bond donors (Lipinski definition) is 1. The molecule has 0 aromatic rings. The van der Waals surface area contributed by atoms with Gasteiger partial charge in [0.25, 0.3) is 0 Å². The Morgan fingerprint density at radius 1 is 1.39 bits per heavy atom. The van der Waals surface area contributed by atoms with E-state index in [1.54, 1.807) is 0 Å². The van der Waals surface area contributed by atoms with Gasteiger partial charge in [-0.2, -0.15) is 0 Å². The maximum Gasteiger partial charge on any atom is 0.225 e. The highest BCUT2D eigenvalue weighted by atomic mass is 16.2. The Morgan fingerprint density at radius 3 is 2.50 bits per heavy atom. The maximum absolute atomic E-state index is 12.6. The summed E-state index contributed by atoms with van der Waals surface area (Å²) in [6.45, 7) is 10.0. The molecule has 3 nitrogen and oxygen atoms in total. The van der Waals surface area contributed by atoms with E-state index < -0.39 is 0 Å². The summed E-state index contributed by atoms with van der Waals surface area (Å²) in [7, 11) is 1.92. The highest BCUT2D eigenvalue weighted by Gasteiger charge is 2.39. The van der Waals surface area contributed by atoms with Crippen LogP contribution in [0.5, 0.6) is 0 Å². The average Bonchev–Trinajstić information content (AvgIpc) is 2.27. The van der Waals surface area contributed by atoms with Gasteiger partial charge in [-0.1, -0.05) is 40.5 Å². The van der Waals surface area contributed by atoms with Gasteiger partial charge in [-0.25, -0.2) is 0 Å². The Labute approximate surface area is 112 Å². The molecule has 1 aliphatic rings. The summed E-state index contributed by atoms with van der Waals surface area (Å²) in [4.78, 5) is 14.5. The molecule has 1 aliphatic carbocycles. The van der Waals surface area contributed by atoms with E-state index in [0.29, 0.717) is 12.5 Å². The van der Waals surface area contributed by atoms with Crippen LogP contribution in [0, 0.1) is 16.7 Å². The summed E-state index contributed by atoms with van der Waals surface area (Å²) in [5.41, 5.74) is 5.90. The third-order valence-electron chi connectivity index (χ3n) is 4.40. The minimum Gasteiger partial charge on any atom is -0.345 e. The van der Waals surface area contributed by atoms with E-state index in [-0.39, 0.29) is 16.7 Å². The van der Waals surface area contributed by atoms with Crippen LogP contribution in [0.1, 0.15) is 53.4 Å². The average molecular weight is 254 g/mol. The standard InChI is InChI=1S/C15H30N2O/c1-14(2,10-16)11-17(5)13(18)12-8-6-7-9-15(12,3)4/h12H,6-11,16H2,1-5H3. The molecule has 0 aromatic carbocycles. The zero-order valence-corrected chi connectivity index (χ0v) is 12.8. The molecule has 18 heavy (non-hydrogen) atoms. The molecular weight excluding hydrogens is 224 g/mol. The lowest BCUT2D eigenvalue weighted by atomic mass is 9.68. The van der Waals surface area contributed by atoms with Crippen LogP contribution in [-0.4, -0.2) is 30.9 Å². The van der Waals surface area contributed by atoms with Gasteiger partial charge in [-0.3, -0.25) is 4.79 Å². The monoisotopic (exact) mass is 254 g/mol. The molecule has 0 aliphatic heterocycles. The van der Waals surface area contributed by atoms with Crippen LogP contribution in [-0.2, 0) is 4.79 Å². The summed E-state index contributed by atoms with van der Waals surface area (Å²) >= 11 is 0. The van der Waals surface area contributed by atoms with E-state index in [0.717, 1.165) is 19.4 Å². The summed E-state index contributed by atoms with van der Waals surface area (Å²) in [5, 5.41) is 0. The van der Waals surface area contributed by atoms with Gasteiger partial charge in [-0.05, 0) is 30.2 Å². The van der Waals surface area contributed by atoms with Crippen molar-refractivity contribution in [1.82, 2.24) is 4.90 Å². The summed E-state index contributed by atoms with van der Waals surface area (Å²) in [6.07, 6.45) is 4.65. The number of amides is 1. The van der Waals surface area contributed by atoms with Gasteiger partial charge in [-0.15, -0.1) is 0 Å². The van der Waals surface area contributed by atoms with Crippen molar-refractivity contribution in [3.05, 3.63) is 0 Å². The van der Waals surface area contributed by atoms with Gasteiger partial charge < -0.3 is 10.6 Å². The molecule has 0 saturated heterocycles. The van der Waals surface area contributed by atoms with Gasteiger partial charge in [0.2, 0.25) is 5.91 Å². The van der Waals surface area contributed by atoms with Crippen LogP contribution in [0.3, 0.4) is 0 Å². The van der Waals surface area contributed by atoms with Crippen molar-refractivity contribution >= 4 is 5.91 Å². The quantitative estimate of drug-likeness (QED) is 0.838. The lowest BCUT2D eigenvalue weighted by Gasteiger charge is -2.40. The van der Waals surface area contributed by atoms with Crippen LogP contribution in [0.15, 0.2) is 0 Å². The fourth-order valence-electron chi connectivity index (χ4n) is 3.00. The normalized spacial score (nSPS) is 23.8. The van der Waals surface area contributed by atoms with E-state index in [2.05, 4.69) is 27.7 Å². The zero-order chi connectivity index (χ0) is 14.0. The zero-order valence-electron chi connectivity index (χ0n) is 12.8. The van der Waals surface area contributed by atoms with Gasteiger partial charge in [0, 0.05) is 19.5 Å². The van der Waals surface area contributed by atoms with Crippen LogP contribution in [0.2, 0.25) is 0 Å². The molecule has 1 rings (SSSR count). The SMILES string of the molecule is CN(CC(C)(C)CN)C(=O)C1CCCCC1(C)C. The second-order valence-corrected chi connectivity index (χ2v) is 7.35. The topological polar surface area (TPSA) is 46.3 Å². The Hall–Kier alpha value is -0.570. The van der Waals surface area contributed by atoms with Crippen molar-refractivity contribution in [3.63, 3.8) is 0 Å². The van der Waals surface area contributed by atoms with E-state index >= 15 is 0 Å². The molecular formula is C15H30N2O. The maximum atomic E-state index is 12.6. The van der Waals surface area contributed by atoms with Gasteiger partial charge in [0.1, 0.15) is 0 Å². The first-order valence-electron chi connectivity index (χ1n) is 7.15. The van der Waals surface area contributed by atoms with Crippen molar-refractivity contribution < 1.29 is 4.79 Å². The van der Waals surface area contributed by atoms with Crippen LogP contribution >= 0.6 is 0 Å². The fraction of sp³-hybridized carbons (Fsp3) is 0.933. The molecule has 1 unspecified atom stereocenters. The Balaban J connectivity index is 2.68. The minimum absolute atomic E-state index is 0.00319. The molecule has 106 valence electrons. The summed E-state index contributed by atoms with van der Waals surface area (Å²) in [5.74, 6) is 0.492. The Kier molecular flexibility index (Phi) is 4.82. The van der Waals surface area contributed by atoms with Gasteiger partial charge in [0.05, 0.1) is 0 Å². The lowest BCUT2D eigenvalue weighted by Crippen LogP contribution is -2.46. The lowest BCUT2D eigenvalue weighted by molar-refractivity contribution is -0.141.